The van der Waals surface area contributed by atoms with E-state index in [1.54, 1.807) is 0 Å². The van der Waals surface area contributed by atoms with Gasteiger partial charge in [0, 0.05) is 24.0 Å². The summed E-state index contributed by atoms with van der Waals surface area (Å²) in [7, 11) is 0. The molecule has 1 aromatic rings. The van der Waals surface area contributed by atoms with Crippen LogP contribution in [-0.2, 0) is 11.2 Å². The molecule has 7 nitrogen and oxygen atoms in total. The molecule has 4 N–H and O–H groups in total. The van der Waals surface area contributed by atoms with Crippen LogP contribution in [0.2, 0.25) is 0 Å². The minimum absolute atomic E-state index is 0.358. The molecule has 2 amide bonds. The van der Waals surface area contributed by atoms with E-state index in [1.807, 2.05) is 12.3 Å². The van der Waals surface area contributed by atoms with Crippen molar-refractivity contribution in [3.63, 3.8) is 0 Å². The summed E-state index contributed by atoms with van der Waals surface area (Å²) in [6.07, 6.45) is 0.586. The van der Waals surface area contributed by atoms with Crippen LogP contribution < -0.4 is 10.6 Å². The van der Waals surface area contributed by atoms with Crippen LogP contribution in [0.3, 0.4) is 0 Å². The largest absolute Gasteiger partial charge is 0.480 e. The molecule has 0 aliphatic carbocycles. The first-order valence-corrected chi connectivity index (χ1v) is 6.20. The van der Waals surface area contributed by atoms with Crippen LogP contribution >= 0.6 is 11.3 Å². The van der Waals surface area contributed by atoms with Crippen molar-refractivity contribution < 1.29 is 19.8 Å². The maximum Gasteiger partial charge on any atom is 0.328 e. The quantitative estimate of drug-likeness (QED) is 0.570. The second-order valence-electron chi connectivity index (χ2n) is 3.61. The highest BCUT2D eigenvalue weighted by molar-refractivity contribution is 7.09. The number of thiazole rings is 1. The van der Waals surface area contributed by atoms with E-state index in [-0.39, 0.29) is 0 Å². The van der Waals surface area contributed by atoms with Crippen molar-refractivity contribution in [2.24, 2.45) is 0 Å². The van der Waals surface area contributed by atoms with Crippen LogP contribution in [0.15, 0.2) is 5.38 Å². The molecule has 1 atom stereocenters. The van der Waals surface area contributed by atoms with Crippen molar-refractivity contribution in [3.8, 4) is 0 Å². The second-order valence-corrected chi connectivity index (χ2v) is 4.55. The van der Waals surface area contributed by atoms with Gasteiger partial charge in [-0.15, -0.1) is 11.3 Å². The zero-order chi connectivity index (χ0) is 13.5. The predicted octanol–water partition coefficient (Wildman–Crippen LogP) is -0.261. The molecule has 1 heterocycles. The topological polar surface area (TPSA) is 112 Å². The third-order valence-corrected chi connectivity index (χ3v) is 3.10. The number of aliphatic hydroxyl groups is 1. The van der Waals surface area contributed by atoms with Gasteiger partial charge >= 0.3 is 12.0 Å². The van der Waals surface area contributed by atoms with Gasteiger partial charge < -0.3 is 20.8 Å². The molecule has 8 heteroatoms. The Hall–Kier alpha value is -1.67. The number of hydrogen-bond acceptors (Lipinski definition) is 5. The fourth-order valence-corrected chi connectivity index (χ4v) is 1.97. The number of nitrogens with zero attached hydrogens (tertiary/aromatic N) is 1. The minimum Gasteiger partial charge on any atom is -0.480 e. The first kappa shape index (κ1) is 14.4. The number of amides is 2. The molecule has 0 unspecified atom stereocenters. The average Bonchev–Trinajstić information content (AvgIpc) is 2.71. The molecule has 0 saturated carbocycles. The molecule has 0 aliphatic rings. The van der Waals surface area contributed by atoms with Crippen LogP contribution in [0.4, 0.5) is 4.79 Å². The lowest BCUT2D eigenvalue weighted by atomic mass is 10.3. The number of carbonyl (C=O) groups is 2. The molecule has 0 bridgehead atoms. The van der Waals surface area contributed by atoms with Crippen molar-refractivity contribution in [3.05, 3.63) is 16.1 Å². The molecule has 1 aromatic heterocycles. The molecular weight excluding hydrogens is 258 g/mol. The Balaban J connectivity index is 2.26. The molecule has 18 heavy (non-hydrogen) atoms. The Morgan fingerprint density at radius 3 is 2.78 bits per heavy atom. The zero-order valence-corrected chi connectivity index (χ0v) is 10.7. The Morgan fingerprint density at radius 1 is 1.56 bits per heavy atom. The van der Waals surface area contributed by atoms with Gasteiger partial charge in [0.25, 0.3) is 0 Å². The number of nitrogens with one attached hydrogen (secondary N) is 2. The van der Waals surface area contributed by atoms with Crippen molar-refractivity contribution in [1.29, 1.82) is 0 Å². The molecule has 0 fully saturated rings. The van der Waals surface area contributed by atoms with Gasteiger partial charge in [-0.05, 0) is 6.92 Å². The maximum atomic E-state index is 11.3. The number of aromatic nitrogens is 1. The molecule has 0 aliphatic heterocycles. The molecule has 0 radical (unpaired) electrons. The Bertz CT molecular complexity index is 421. The number of carboxylic acid groups (broad SMARTS) is 1. The summed E-state index contributed by atoms with van der Waals surface area (Å²) in [5.74, 6) is -1.27. The number of aliphatic hydroxyl groups excluding tert-OH is 1. The summed E-state index contributed by atoms with van der Waals surface area (Å²) in [6, 6.07) is -1.91. The summed E-state index contributed by atoms with van der Waals surface area (Å²) >= 11 is 1.51. The number of urea groups is 1. The third kappa shape index (κ3) is 4.68. The first-order valence-electron chi connectivity index (χ1n) is 5.32. The van der Waals surface area contributed by atoms with Crippen molar-refractivity contribution in [1.82, 2.24) is 15.6 Å². The Kier molecular flexibility index (Phi) is 5.53. The number of carbonyl (C=O) groups excluding carboxylic acids is 1. The van der Waals surface area contributed by atoms with E-state index >= 15 is 0 Å². The van der Waals surface area contributed by atoms with Crippen LogP contribution in [0.25, 0.3) is 0 Å². The predicted molar refractivity (Wildman–Crippen MR) is 65.6 cm³/mol. The van der Waals surface area contributed by atoms with Crippen LogP contribution in [0, 0.1) is 6.92 Å². The summed E-state index contributed by atoms with van der Waals surface area (Å²) in [4.78, 5) is 26.1. The van der Waals surface area contributed by atoms with Gasteiger partial charge in [-0.2, -0.15) is 0 Å². The Labute approximate surface area is 108 Å². The van der Waals surface area contributed by atoms with Gasteiger partial charge in [0.05, 0.1) is 11.6 Å². The highest BCUT2D eigenvalue weighted by Gasteiger charge is 2.18. The van der Waals surface area contributed by atoms with Gasteiger partial charge in [0.2, 0.25) is 0 Å². The zero-order valence-electron chi connectivity index (χ0n) is 9.84. The number of hydrogen-bond donors (Lipinski definition) is 4. The lowest BCUT2D eigenvalue weighted by Gasteiger charge is -2.12. The smallest absolute Gasteiger partial charge is 0.328 e. The fourth-order valence-electron chi connectivity index (χ4n) is 1.20. The normalized spacial score (nSPS) is 11.9. The lowest BCUT2D eigenvalue weighted by molar-refractivity contribution is -0.140. The van der Waals surface area contributed by atoms with Crippen molar-refractivity contribution in [2.75, 3.05) is 13.2 Å². The van der Waals surface area contributed by atoms with E-state index in [9.17, 15) is 9.59 Å². The average molecular weight is 273 g/mol. The summed E-state index contributed by atoms with van der Waals surface area (Å²) in [6.45, 7) is 1.60. The minimum atomic E-state index is -1.29. The van der Waals surface area contributed by atoms with E-state index < -0.39 is 24.6 Å². The third-order valence-electron chi connectivity index (χ3n) is 2.08. The summed E-state index contributed by atoms with van der Waals surface area (Å²) in [5, 5.41) is 24.8. The van der Waals surface area contributed by atoms with E-state index in [4.69, 9.17) is 10.2 Å². The molecule has 0 aromatic carbocycles. The van der Waals surface area contributed by atoms with Gasteiger partial charge in [-0.25, -0.2) is 14.6 Å². The van der Waals surface area contributed by atoms with E-state index in [0.29, 0.717) is 13.0 Å². The highest BCUT2D eigenvalue weighted by atomic mass is 32.1. The fraction of sp³-hybridized carbons (Fsp3) is 0.500. The number of aliphatic carboxylic acids is 1. The summed E-state index contributed by atoms with van der Waals surface area (Å²) < 4.78 is 0. The first-order chi connectivity index (χ1) is 8.52. The van der Waals surface area contributed by atoms with Gasteiger partial charge in [-0.3, -0.25) is 0 Å². The lowest BCUT2D eigenvalue weighted by Crippen LogP contribution is -2.48. The number of carboxylic acids is 1. The van der Waals surface area contributed by atoms with Gasteiger partial charge in [-0.1, -0.05) is 0 Å². The van der Waals surface area contributed by atoms with Crippen LogP contribution in [0.5, 0.6) is 0 Å². The van der Waals surface area contributed by atoms with Gasteiger partial charge in [0.15, 0.2) is 6.04 Å². The number of aryl methyl sites for hydroxylation is 1. The SMILES string of the molecule is Cc1csc(CCNC(=O)N[C@H](CO)C(=O)O)n1. The molecular formula is C10H15N3O4S. The standard InChI is InChI=1S/C10H15N3O4S/c1-6-5-18-8(12-6)2-3-11-10(17)13-7(4-14)9(15)16/h5,7,14H,2-4H2,1H3,(H,15,16)(H2,11,13,17)/t7-/m1/s1. The molecule has 100 valence electrons. The Morgan fingerprint density at radius 2 is 2.28 bits per heavy atom. The van der Waals surface area contributed by atoms with Crippen molar-refractivity contribution in [2.45, 2.75) is 19.4 Å². The van der Waals surface area contributed by atoms with Crippen molar-refractivity contribution >= 4 is 23.3 Å². The van der Waals surface area contributed by atoms with Gasteiger partial charge in [0.1, 0.15) is 0 Å². The maximum absolute atomic E-state index is 11.3. The molecule has 1 rings (SSSR count). The number of rotatable bonds is 6. The van der Waals surface area contributed by atoms with Crippen LogP contribution in [0.1, 0.15) is 10.7 Å². The van der Waals surface area contributed by atoms with E-state index in [0.717, 1.165) is 10.7 Å². The van der Waals surface area contributed by atoms with E-state index in [1.165, 1.54) is 11.3 Å². The van der Waals surface area contributed by atoms with E-state index in [2.05, 4.69) is 15.6 Å². The monoisotopic (exact) mass is 273 g/mol. The molecule has 0 spiro atoms. The molecule has 0 saturated heterocycles. The summed E-state index contributed by atoms with van der Waals surface area (Å²) in [5.41, 5.74) is 0.936. The van der Waals surface area contributed by atoms with Crippen LogP contribution in [-0.4, -0.2) is 46.4 Å². The second kappa shape index (κ2) is 6.92. The highest BCUT2D eigenvalue weighted by Crippen LogP contribution is 2.08.